The van der Waals surface area contributed by atoms with Crippen molar-refractivity contribution in [2.45, 2.75) is 6.29 Å². The molecule has 5 aromatic rings. The number of fused-ring (bicyclic) bond motifs is 7. The molecule has 32 heavy (non-hydrogen) atoms. The minimum absolute atomic E-state index is 0.110. The van der Waals surface area contributed by atoms with Crippen molar-refractivity contribution in [1.82, 2.24) is 3.97 Å². The first kappa shape index (κ1) is 19.5. The summed E-state index contributed by atoms with van der Waals surface area (Å²) >= 11 is 1.56. The first-order chi connectivity index (χ1) is 15.6. The van der Waals surface area contributed by atoms with Gasteiger partial charge in [-0.3, -0.25) is 0 Å². The molecule has 0 atom stereocenters. The van der Waals surface area contributed by atoms with Crippen LogP contribution in [0.1, 0.15) is 0 Å². The van der Waals surface area contributed by atoms with Crippen molar-refractivity contribution < 1.29 is 18.2 Å². The van der Waals surface area contributed by atoms with E-state index in [0.717, 1.165) is 32.7 Å². The highest BCUT2D eigenvalue weighted by Crippen LogP contribution is 2.58. The van der Waals surface area contributed by atoms with Crippen LogP contribution in [-0.4, -0.2) is 10.2 Å². The first-order valence-corrected chi connectivity index (χ1v) is 13.2. The molecule has 7 heteroatoms. The number of rotatable bonds is 3. The second-order valence-electron chi connectivity index (χ2n) is 7.72. The molecule has 0 unspecified atom stereocenters. The maximum atomic E-state index is 14.0. The Bertz CT molecular complexity index is 1450. The highest BCUT2D eigenvalue weighted by atomic mass is 32.2. The minimum atomic E-state index is -3.56. The molecule has 0 N–H and O–H groups in total. The van der Waals surface area contributed by atoms with Gasteiger partial charge in [0.1, 0.15) is 23.9 Å². The van der Waals surface area contributed by atoms with Crippen LogP contribution in [0.2, 0.25) is 0 Å². The van der Waals surface area contributed by atoms with Crippen LogP contribution in [-0.2, 0) is 10.9 Å². The van der Waals surface area contributed by atoms with Gasteiger partial charge in [0.25, 0.3) is 6.33 Å². The third-order valence-electron chi connectivity index (χ3n) is 5.72. The van der Waals surface area contributed by atoms with E-state index in [4.69, 9.17) is 9.05 Å². The monoisotopic (exact) mass is 459 g/mol. The Hall–Kier alpha value is -3.21. The SMILES string of the molecule is CSn1cc[n+](CP2(=O)Oc3ccc4ccccc4c3-c3c(ccc4ccccc34)O2)c1. The van der Waals surface area contributed by atoms with Gasteiger partial charge < -0.3 is 9.05 Å². The lowest BCUT2D eigenvalue weighted by atomic mass is 9.92. The Morgan fingerprint density at radius 1 is 0.844 bits per heavy atom. The number of hydrogen-bond donors (Lipinski definition) is 0. The summed E-state index contributed by atoms with van der Waals surface area (Å²) in [6.45, 7) is 0. The fourth-order valence-corrected chi connectivity index (χ4v) is 6.33. The molecular weight excluding hydrogens is 439 g/mol. The Balaban J connectivity index is 1.62. The summed E-state index contributed by atoms with van der Waals surface area (Å²) in [7, 11) is -3.56. The summed E-state index contributed by atoms with van der Waals surface area (Å²) in [6, 6.07) is 24.2. The second-order valence-corrected chi connectivity index (χ2v) is 10.4. The van der Waals surface area contributed by atoms with E-state index in [0.29, 0.717) is 11.5 Å². The van der Waals surface area contributed by atoms with Crippen LogP contribution in [0.4, 0.5) is 0 Å². The highest BCUT2D eigenvalue weighted by molar-refractivity contribution is 7.97. The normalized spacial score (nSPS) is 14.3. The fraction of sp³-hybridized carbons (Fsp3) is 0.0800. The standard InChI is InChI=1S/C25H20N2O3PS/c1-32-27-15-14-26(16-27)17-31(28)29-22-12-10-18-6-2-4-8-20(18)24(22)25-21-9-5-3-7-19(21)11-13-23(25)30-31/h2-16H,17H2,1H3/q+1. The molecule has 0 spiro atoms. The predicted molar refractivity (Wildman–Crippen MR) is 129 cm³/mol. The number of hydrogen-bond acceptors (Lipinski definition) is 4. The smallest absolute Gasteiger partial charge is 0.413 e. The molecule has 1 aromatic heterocycles. The van der Waals surface area contributed by atoms with Crippen LogP contribution in [0.15, 0.2) is 91.5 Å². The molecule has 1 aliphatic heterocycles. The molecule has 1 aliphatic rings. The van der Waals surface area contributed by atoms with Gasteiger partial charge in [-0.2, -0.15) is 3.97 Å². The molecule has 0 fully saturated rings. The van der Waals surface area contributed by atoms with Gasteiger partial charge in [0.05, 0.1) is 11.9 Å². The van der Waals surface area contributed by atoms with Gasteiger partial charge in [0, 0.05) is 17.4 Å². The lowest BCUT2D eigenvalue weighted by molar-refractivity contribution is -0.678. The quantitative estimate of drug-likeness (QED) is 0.228. The second kappa shape index (κ2) is 7.44. The van der Waals surface area contributed by atoms with E-state index >= 15 is 0 Å². The summed E-state index contributed by atoms with van der Waals surface area (Å²) in [5.74, 6) is 1.15. The Labute approximate surface area is 189 Å². The summed E-state index contributed by atoms with van der Waals surface area (Å²) in [5.41, 5.74) is 1.83. The summed E-state index contributed by atoms with van der Waals surface area (Å²) in [6.07, 6.45) is 7.76. The van der Waals surface area contributed by atoms with Gasteiger partial charge >= 0.3 is 7.60 Å². The van der Waals surface area contributed by atoms with E-state index in [-0.39, 0.29) is 6.29 Å². The zero-order chi connectivity index (χ0) is 21.7. The molecule has 0 amide bonds. The molecular formula is C25H20N2O3PS+. The number of aromatic nitrogens is 2. The summed E-state index contributed by atoms with van der Waals surface area (Å²) in [4.78, 5) is 0. The third kappa shape index (κ3) is 3.19. The van der Waals surface area contributed by atoms with Gasteiger partial charge in [-0.05, 0) is 33.7 Å². The van der Waals surface area contributed by atoms with E-state index in [9.17, 15) is 4.57 Å². The molecule has 0 radical (unpaired) electrons. The third-order valence-corrected chi connectivity index (χ3v) is 7.98. The lowest BCUT2D eigenvalue weighted by Crippen LogP contribution is -2.32. The van der Waals surface area contributed by atoms with Crippen molar-refractivity contribution in [3.8, 4) is 22.6 Å². The topological polar surface area (TPSA) is 44.3 Å². The Kier molecular flexibility index (Phi) is 4.53. The molecule has 4 aromatic carbocycles. The van der Waals surface area contributed by atoms with Crippen LogP contribution >= 0.6 is 19.5 Å². The molecule has 2 heterocycles. The Morgan fingerprint density at radius 2 is 1.41 bits per heavy atom. The van der Waals surface area contributed by atoms with E-state index in [1.165, 1.54) is 0 Å². The summed E-state index contributed by atoms with van der Waals surface area (Å²) in [5, 5.41) is 4.27. The van der Waals surface area contributed by atoms with Crippen LogP contribution in [0.3, 0.4) is 0 Å². The number of imidazole rings is 1. The number of benzene rings is 4. The predicted octanol–water partition coefficient (Wildman–Crippen LogP) is 6.50. The first-order valence-electron chi connectivity index (χ1n) is 10.3. The van der Waals surface area contributed by atoms with Crippen LogP contribution in [0.5, 0.6) is 11.5 Å². The van der Waals surface area contributed by atoms with Crippen molar-refractivity contribution in [3.63, 3.8) is 0 Å². The van der Waals surface area contributed by atoms with E-state index in [1.807, 2.05) is 82.0 Å². The highest BCUT2D eigenvalue weighted by Gasteiger charge is 2.37. The zero-order valence-electron chi connectivity index (χ0n) is 17.3. The molecule has 0 aliphatic carbocycles. The fourth-order valence-electron chi connectivity index (χ4n) is 4.31. The maximum absolute atomic E-state index is 14.0. The molecule has 0 bridgehead atoms. The van der Waals surface area contributed by atoms with E-state index < -0.39 is 7.60 Å². The van der Waals surface area contributed by atoms with Gasteiger partial charge in [0.2, 0.25) is 6.29 Å². The van der Waals surface area contributed by atoms with Crippen LogP contribution in [0.25, 0.3) is 32.7 Å². The van der Waals surface area contributed by atoms with Crippen LogP contribution < -0.4 is 13.6 Å². The van der Waals surface area contributed by atoms with Gasteiger partial charge in [-0.1, -0.05) is 60.7 Å². The average molecular weight is 459 g/mol. The molecule has 158 valence electrons. The maximum Gasteiger partial charge on any atom is 0.472 e. The van der Waals surface area contributed by atoms with Crippen molar-refractivity contribution in [2.24, 2.45) is 0 Å². The minimum Gasteiger partial charge on any atom is -0.413 e. The van der Waals surface area contributed by atoms with Crippen LogP contribution in [0, 0.1) is 0 Å². The lowest BCUT2D eigenvalue weighted by Gasteiger charge is -2.16. The number of nitrogens with zero attached hydrogens (tertiary/aromatic N) is 2. The Morgan fingerprint density at radius 3 is 1.94 bits per heavy atom. The molecule has 0 saturated heterocycles. The molecule has 5 nitrogen and oxygen atoms in total. The van der Waals surface area contributed by atoms with Crippen molar-refractivity contribution in [2.75, 3.05) is 6.26 Å². The van der Waals surface area contributed by atoms with Crippen molar-refractivity contribution in [3.05, 3.63) is 91.5 Å². The largest absolute Gasteiger partial charge is 0.472 e. The zero-order valence-corrected chi connectivity index (χ0v) is 19.1. The van der Waals surface area contributed by atoms with Crippen molar-refractivity contribution in [1.29, 1.82) is 0 Å². The van der Waals surface area contributed by atoms with Gasteiger partial charge in [0.15, 0.2) is 0 Å². The molecule has 0 saturated carbocycles. The molecule has 6 rings (SSSR count). The summed E-state index contributed by atoms with van der Waals surface area (Å²) < 4.78 is 30.3. The van der Waals surface area contributed by atoms with Gasteiger partial charge in [-0.15, -0.1) is 0 Å². The average Bonchev–Trinajstić information content (AvgIpc) is 3.20. The van der Waals surface area contributed by atoms with Gasteiger partial charge in [-0.25, -0.2) is 9.13 Å². The van der Waals surface area contributed by atoms with Crippen molar-refractivity contribution >= 4 is 41.1 Å². The van der Waals surface area contributed by atoms with E-state index in [2.05, 4.69) is 24.3 Å². The van der Waals surface area contributed by atoms with E-state index in [1.54, 1.807) is 11.9 Å².